The van der Waals surface area contributed by atoms with E-state index in [0.29, 0.717) is 5.41 Å². The third-order valence-corrected chi connectivity index (χ3v) is 4.59. The van der Waals surface area contributed by atoms with E-state index in [1.807, 2.05) is 0 Å². The van der Waals surface area contributed by atoms with Crippen LogP contribution < -0.4 is 10.6 Å². The second kappa shape index (κ2) is 5.50. The third-order valence-electron chi connectivity index (χ3n) is 4.59. The monoisotopic (exact) mass is 224 g/mol. The molecule has 1 aliphatic heterocycles. The normalized spacial score (nSPS) is 24.4. The van der Waals surface area contributed by atoms with E-state index in [1.54, 1.807) is 0 Å². The molecular weight excluding hydrogens is 196 g/mol. The van der Waals surface area contributed by atoms with E-state index in [0.717, 1.165) is 11.8 Å². The molecule has 0 atom stereocenters. The molecule has 1 saturated heterocycles. The predicted octanol–water partition coefficient (Wildman–Crippen LogP) is 2.40. The van der Waals surface area contributed by atoms with Gasteiger partial charge >= 0.3 is 0 Å². The van der Waals surface area contributed by atoms with Crippen molar-refractivity contribution < 1.29 is 0 Å². The van der Waals surface area contributed by atoms with E-state index in [1.165, 1.54) is 58.3 Å². The maximum absolute atomic E-state index is 3.68. The minimum absolute atomic E-state index is 0.498. The second-order valence-corrected chi connectivity index (χ2v) is 6.48. The smallest absolute Gasteiger partial charge is 0.000530 e. The highest BCUT2D eigenvalue weighted by Crippen LogP contribution is 2.37. The Balaban J connectivity index is 1.68. The van der Waals surface area contributed by atoms with Crippen molar-refractivity contribution in [2.24, 2.45) is 17.3 Å². The van der Waals surface area contributed by atoms with E-state index < -0.39 is 0 Å². The molecule has 2 nitrogen and oxygen atoms in total. The van der Waals surface area contributed by atoms with Gasteiger partial charge in [-0.1, -0.05) is 33.1 Å². The lowest BCUT2D eigenvalue weighted by atomic mass is 9.71. The molecule has 0 bridgehead atoms. The van der Waals surface area contributed by atoms with Crippen LogP contribution in [0.15, 0.2) is 0 Å². The van der Waals surface area contributed by atoms with Crippen molar-refractivity contribution in [3.05, 3.63) is 0 Å². The molecule has 2 heteroatoms. The van der Waals surface area contributed by atoms with Gasteiger partial charge < -0.3 is 10.6 Å². The van der Waals surface area contributed by atoms with E-state index in [4.69, 9.17) is 0 Å². The summed E-state index contributed by atoms with van der Waals surface area (Å²) >= 11 is 0. The fourth-order valence-corrected chi connectivity index (χ4v) is 3.12. The average molecular weight is 224 g/mol. The van der Waals surface area contributed by atoms with Crippen LogP contribution in [-0.2, 0) is 0 Å². The highest BCUT2D eigenvalue weighted by molar-refractivity contribution is 4.84. The van der Waals surface area contributed by atoms with Gasteiger partial charge in [-0.3, -0.25) is 0 Å². The predicted molar refractivity (Wildman–Crippen MR) is 69.6 cm³/mol. The van der Waals surface area contributed by atoms with Crippen LogP contribution >= 0.6 is 0 Å². The lowest BCUT2D eigenvalue weighted by Crippen LogP contribution is -2.49. The fraction of sp³-hybridized carbons (Fsp3) is 1.00. The molecule has 0 aromatic rings. The molecule has 1 saturated carbocycles. The molecule has 0 amide bonds. The van der Waals surface area contributed by atoms with Crippen molar-refractivity contribution >= 4 is 0 Å². The van der Waals surface area contributed by atoms with Gasteiger partial charge in [-0.05, 0) is 30.1 Å². The Hall–Kier alpha value is -0.0800. The summed E-state index contributed by atoms with van der Waals surface area (Å²) in [6.45, 7) is 9.76. The van der Waals surface area contributed by atoms with Crippen molar-refractivity contribution in [2.45, 2.75) is 46.0 Å². The molecule has 2 aliphatic rings. The summed E-state index contributed by atoms with van der Waals surface area (Å²) < 4.78 is 0. The Morgan fingerprint density at radius 3 is 2.38 bits per heavy atom. The zero-order chi connectivity index (χ0) is 11.4. The summed E-state index contributed by atoms with van der Waals surface area (Å²) in [7, 11) is 0. The average Bonchev–Trinajstić information content (AvgIpc) is 2.23. The van der Waals surface area contributed by atoms with E-state index in [-0.39, 0.29) is 0 Å². The first-order valence-electron chi connectivity index (χ1n) is 7.10. The van der Waals surface area contributed by atoms with Crippen LogP contribution in [0.4, 0.5) is 0 Å². The molecule has 2 rings (SSSR count). The van der Waals surface area contributed by atoms with Crippen LogP contribution in [0, 0.1) is 17.3 Å². The summed E-state index contributed by atoms with van der Waals surface area (Å²) in [5.74, 6) is 1.84. The molecule has 0 aromatic heterocycles. The highest BCUT2D eigenvalue weighted by Gasteiger charge is 2.30. The van der Waals surface area contributed by atoms with E-state index >= 15 is 0 Å². The molecular formula is C14H28N2. The molecule has 2 fully saturated rings. The van der Waals surface area contributed by atoms with Crippen molar-refractivity contribution in [3.8, 4) is 0 Å². The Bertz CT molecular complexity index is 203. The van der Waals surface area contributed by atoms with Gasteiger partial charge in [-0.25, -0.2) is 0 Å². The van der Waals surface area contributed by atoms with Crippen LogP contribution in [-0.4, -0.2) is 26.2 Å². The van der Waals surface area contributed by atoms with Gasteiger partial charge in [0.25, 0.3) is 0 Å². The molecule has 1 heterocycles. The summed E-state index contributed by atoms with van der Waals surface area (Å²) in [5.41, 5.74) is 0.498. The van der Waals surface area contributed by atoms with Crippen molar-refractivity contribution in [1.29, 1.82) is 0 Å². The first-order chi connectivity index (χ1) is 7.68. The van der Waals surface area contributed by atoms with Crippen molar-refractivity contribution in [2.75, 3.05) is 26.2 Å². The fourth-order valence-electron chi connectivity index (χ4n) is 3.12. The van der Waals surface area contributed by atoms with Gasteiger partial charge in [0.05, 0.1) is 0 Å². The molecule has 0 unspecified atom stereocenters. The van der Waals surface area contributed by atoms with Crippen LogP contribution in [0.5, 0.6) is 0 Å². The van der Waals surface area contributed by atoms with Gasteiger partial charge in [-0.15, -0.1) is 0 Å². The Morgan fingerprint density at radius 1 is 1.12 bits per heavy atom. The van der Waals surface area contributed by atoms with E-state index in [2.05, 4.69) is 24.5 Å². The molecule has 94 valence electrons. The Labute approximate surface area is 101 Å². The first kappa shape index (κ1) is 12.4. The van der Waals surface area contributed by atoms with Crippen molar-refractivity contribution in [3.63, 3.8) is 0 Å². The Morgan fingerprint density at radius 2 is 1.81 bits per heavy atom. The standard InChI is InChI=1S/C14H28N2/c1-14(2,13-6-4-3-5-7-13)11-16-10-12-8-15-9-12/h12-13,15-16H,3-11H2,1-2H3. The quantitative estimate of drug-likeness (QED) is 0.749. The number of rotatable bonds is 5. The molecule has 0 spiro atoms. The largest absolute Gasteiger partial charge is 0.316 e. The molecule has 16 heavy (non-hydrogen) atoms. The topological polar surface area (TPSA) is 24.1 Å². The minimum Gasteiger partial charge on any atom is -0.316 e. The second-order valence-electron chi connectivity index (χ2n) is 6.48. The number of nitrogens with one attached hydrogen (secondary N) is 2. The van der Waals surface area contributed by atoms with Crippen molar-refractivity contribution in [1.82, 2.24) is 10.6 Å². The third kappa shape index (κ3) is 3.21. The summed E-state index contributed by atoms with van der Waals surface area (Å²) in [4.78, 5) is 0. The summed E-state index contributed by atoms with van der Waals surface area (Å²) in [6.07, 6.45) is 7.30. The van der Waals surface area contributed by atoms with Gasteiger partial charge in [0.15, 0.2) is 0 Å². The lowest BCUT2D eigenvalue weighted by Gasteiger charge is -2.38. The summed E-state index contributed by atoms with van der Waals surface area (Å²) in [5, 5.41) is 7.02. The maximum atomic E-state index is 3.68. The van der Waals surface area contributed by atoms with Gasteiger partial charge in [0.1, 0.15) is 0 Å². The van der Waals surface area contributed by atoms with Gasteiger partial charge in [-0.2, -0.15) is 0 Å². The zero-order valence-electron chi connectivity index (χ0n) is 11.0. The SMILES string of the molecule is CC(C)(CNCC1CNC1)C1CCCCC1. The van der Waals surface area contributed by atoms with E-state index in [9.17, 15) is 0 Å². The number of hydrogen-bond acceptors (Lipinski definition) is 2. The van der Waals surface area contributed by atoms with Crippen LogP contribution in [0.3, 0.4) is 0 Å². The number of hydrogen-bond donors (Lipinski definition) is 2. The molecule has 1 aliphatic carbocycles. The molecule has 2 N–H and O–H groups in total. The highest BCUT2D eigenvalue weighted by atomic mass is 15.0. The van der Waals surface area contributed by atoms with Crippen LogP contribution in [0.2, 0.25) is 0 Å². The van der Waals surface area contributed by atoms with Gasteiger partial charge in [0.2, 0.25) is 0 Å². The van der Waals surface area contributed by atoms with Crippen LogP contribution in [0.1, 0.15) is 46.0 Å². The lowest BCUT2D eigenvalue weighted by molar-refractivity contribution is 0.150. The van der Waals surface area contributed by atoms with Gasteiger partial charge in [0, 0.05) is 26.2 Å². The zero-order valence-corrected chi connectivity index (χ0v) is 11.0. The van der Waals surface area contributed by atoms with Crippen LogP contribution in [0.25, 0.3) is 0 Å². The molecule has 0 radical (unpaired) electrons. The Kier molecular flexibility index (Phi) is 4.26. The minimum atomic E-state index is 0.498. The molecule has 0 aromatic carbocycles. The summed E-state index contributed by atoms with van der Waals surface area (Å²) in [6, 6.07) is 0. The maximum Gasteiger partial charge on any atom is 0.000530 e. The first-order valence-corrected chi connectivity index (χ1v) is 7.10.